The molecule has 0 spiro atoms. The molecule has 0 unspecified atom stereocenters. The molecule has 1 aliphatic rings. The van der Waals surface area contributed by atoms with Crippen LogP contribution in [0, 0.1) is 17.0 Å². The molecule has 2 aromatic carbocycles. The van der Waals surface area contributed by atoms with Gasteiger partial charge in [-0.15, -0.1) is 0 Å². The quantitative estimate of drug-likeness (QED) is 0.392. The van der Waals surface area contributed by atoms with E-state index in [-0.39, 0.29) is 28.3 Å². The molecule has 0 saturated heterocycles. The number of hydrogen-bond donors (Lipinski definition) is 1. The Morgan fingerprint density at radius 3 is 2.36 bits per heavy atom. The Morgan fingerprint density at radius 1 is 1.16 bits per heavy atom. The van der Waals surface area contributed by atoms with Crippen molar-refractivity contribution in [1.29, 1.82) is 0 Å². The number of aryl methyl sites for hydroxylation is 1. The second-order valence-electron chi connectivity index (χ2n) is 5.71. The average Bonchev–Trinajstić information content (AvgIpc) is 2.85. The maximum atomic E-state index is 12.7. The molecule has 0 radical (unpaired) electrons. The molecule has 1 N–H and O–H groups in total. The number of fused-ring (bicyclic) bond motifs is 1. The van der Waals surface area contributed by atoms with Gasteiger partial charge < -0.3 is 5.11 Å². The number of benzene rings is 2. The molecular weight excluding hydrogens is 324 g/mol. The van der Waals surface area contributed by atoms with E-state index in [1.807, 2.05) is 6.92 Å². The van der Waals surface area contributed by atoms with Gasteiger partial charge in [-0.25, -0.2) is 4.90 Å². The van der Waals surface area contributed by atoms with Crippen molar-refractivity contribution in [3.63, 3.8) is 0 Å². The van der Waals surface area contributed by atoms with Crippen LogP contribution in [0.2, 0.25) is 0 Å². The van der Waals surface area contributed by atoms with Gasteiger partial charge in [0.25, 0.3) is 11.6 Å². The first-order valence-corrected chi connectivity index (χ1v) is 7.45. The van der Waals surface area contributed by atoms with Gasteiger partial charge in [0.05, 0.1) is 16.2 Å². The van der Waals surface area contributed by atoms with Crippen molar-refractivity contribution in [1.82, 2.24) is 0 Å². The molecule has 25 heavy (non-hydrogen) atoms. The van der Waals surface area contributed by atoms with Gasteiger partial charge >= 0.3 is 0 Å². The molecule has 1 aliphatic heterocycles. The highest BCUT2D eigenvalue weighted by Crippen LogP contribution is 2.41. The Kier molecular flexibility index (Phi) is 3.84. The second kappa shape index (κ2) is 5.86. The van der Waals surface area contributed by atoms with E-state index >= 15 is 0 Å². The Morgan fingerprint density at radius 2 is 1.80 bits per heavy atom. The van der Waals surface area contributed by atoms with Gasteiger partial charge in [0.1, 0.15) is 5.76 Å². The number of nitro benzene ring substituents is 1. The molecule has 0 aliphatic carbocycles. The van der Waals surface area contributed by atoms with Gasteiger partial charge in [-0.3, -0.25) is 19.7 Å². The monoisotopic (exact) mass is 338 g/mol. The third kappa shape index (κ3) is 2.65. The van der Waals surface area contributed by atoms with Crippen molar-refractivity contribution in [2.24, 2.45) is 0 Å². The normalized spacial score (nSPS) is 15.1. The van der Waals surface area contributed by atoms with Crippen molar-refractivity contribution in [3.05, 3.63) is 69.3 Å². The van der Waals surface area contributed by atoms with Crippen LogP contribution in [0.1, 0.15) is 23.6 Å². The summed E-state index contributed by atoms with van der Waals surface area (Å²) in [7, 11) is 0. The number of non-ortho nitro benzene ring substituents is 1. The summed E-state index contributed by atoms with van der Waals surface area (Å²) in [5.74, 6) is -1.57. The highest BCUT2D eigenvalue weighted by atomic mass is 16.6. The Labute approximate surface area is 143 Å². The minimum atomic E-state index is -0.707. The van der Waals surface area contributed by atoms with Crippen molar-refractivity contribution in [3.8, 4) is 0 Å². The molecule has 0 bridgehead atoms. The van der Waals surface area contributed by atoms with Crippen LogP contribution in [0.15, 0.2) is 42.5 Å². The Hall–Kier alpha value is -3.48. The summed E-state index contributed by atoms with van der Waals surface area (Å²) in [6.45, 7) is 3.10. The number of rotatable bonds is 2. The number of aliphatic hydroxyl groups is 1. The summed E-state index contributed by atoms with van der Waals surface area (Å²) in [5.41, 5.74) is 1.38. The number of carbonyl (C=O) groups is 2. The zero-order valence-corrected chi connectivity index (χ0v) is 13.5. The van der Waals surface area contributed by atoms with E-state index in [9.17, 15) is 24.8 Å². The van der Waals surface area contributed by atoms with E-state index in [2.05, 4.69) is 0 Å². The van der Waals surface area contributed by atoms with E-state index < -0.39 is 16.7 Å². The molecule has 2 amide bonds. The predicted molar refractivity (Wildman–Crippen MR) is 91.9 cm³/mol. The lowest BCUT2D eigenvalue weighted by Gasteiger charge is -2.11. The molecule has 7 nitrogen and oxygen atoms in total. The number of hydrogen-bond acceptors (Lipinski definition) is 5. The Bertz CT molecular complexity index is 944. The fraction of sp³-hybridized carbons (Fsp3) is 0.111. The van der Waals surface area contributed by atoms with Gasteiger partial charge in [0.15, 0.2) is 0 Å². The predicted octanol–water partition coefficient (Wildman–Crippen LogP) is 3.22. The summed E-state index contributed by atoms with van der Waals surface area (Å²) in [6, 6.07) is 10.5. The molecule has 2 aromatic rings. The second-order valence-corrected chi connectivity index (χ2v) is 5.71. The lowest BCUT2D eigenvalue weighted by molar-refractivity contribution is -0.384. The fourth-order valence-electron chi connectivity index (χ4n) is 2.77. The number of nitro groups is 1. The SMILES string of the molecule is CC(=O)N1C(=O)/C(=C(/O)c2ccc(C)cc2)c2cc([N+](=O)[O-])ccc21. The molecule has 126 valence electrons. The molecule has 0 fully saturated rings. The summed E-state index contributed by atoms with van der Waals surface area (Å²) < 4.78 is 0. The largest absolute Gasteiger partial charge is 0.506 e. The third-order valence-electron chi connectivity index (χ3n) is 3.99. The number of amides is 2. The zero-order chi connectivity index (χ0) is 18.3. The van der Waals surface area contributed by atoms with Crippen LogP contribution < -0.4 is 4.90 Å². The standard InChI is InChI=1S/C18H14N2O5/c1-10-3-5-12(6-4-10)17(22)16-14-9-13(20(24)25)7-8-15(14)19(11(2)21)18(16)23/h3-9,22H,1-2H3/b17-16+. The van der Waals surface area contributed by atoms with Crippen molar-refractivity contribution >= 4 is 34.5 Å². The zero-order valence-electron chi connectivity index (χ0n) is 13.5. The maximum absolute atomic E-state index is 12.7. The van der Waals surface area contributed by atoms with Gasteiger partial charge in [0.2, 0.25) is 5.91 Å². The van der Waals surface area contributed by atoms with Crippen LogP contribution in [0.5, 0.6) is 0 Å². The summed E-state index contributed by atoms with van der Waals surface area (Å²) >= 11 is 0. The minimum Gasteiger partial charge on any atom is -0.506 e. The van der Waals surface area contributed by atoms with Crippen LogP contribution in [0.25, 0.3) is 11.3 Å². The third-order valence-corrected chi connectivity index (χ3v) is 3.99. The molecule has 0 saturated carbocycles. The molecule has 0 atom stereocenters. The molecule has 1 heterocycles. The Balaban J connectivity index is 2.27. The number of carbonyl (C=O) groups excluding carboxylic acids is 2. The van der Waals surface area contributed by atoms with Crippen LogP contribution >= 0.6 is 0 Å². The van der Waals surface area contributed by atoms with Crippen LogP contribution in [-0.4, -0.2) is 21.8 Å². The van der Waals surface area contributed by atoms with Crippen LogP contribution in [0.4, 0.5) is 11.4 Å². The van der Waals surface area contributed by atoms with Gasteiger partial charge in [0, 0.05) is 30.2 Å². The number of imide groups is 1. The highest BCUT2D eigenvalue weighted by Gasteiger charge is 2.38. The summed E-state index contributed by atoms with van der Waals surface area (Å²) in [6.07, 6.45) is 0. The first-order chi connectivity index (χ1) is 11.8. The summed E-state index contributed by atoms with van der Waals surface area (Å²) in [5, 5.41) is 21.7. The van der Waals surface area contributed by atoms with E-state index in [1.165, 1.54) is 25.1 Å². The van der Waals surface area contributed by atoms with Gasteiger partial charge in [-0.05, 0) is 13.0 Å². The van der Waals surface area contributed by atoms with Gasteiger partial charge in [-0.2, -0.15) is 0 Å². The number of nitrogens with zero attached hydrogens (tertiary/aromatic N) is 2. The van der Waals surface area contributed by atoms with Crippen LogP contribution in [0.3, 0.4) is 0 Å². The van der Waals surface area contributed by atoms with Gasteiger partial charge in [-0.1, -0.05) is 29.8 Å². The van der Waals surface area contributed by atoms with Crippen LogP contribution in [-0.2, 0) is 9.59 Å². The average molecular weight is 338 g/mol. The highest BCUT2D eigenvalue weighted by molar-refractivity contribution is 6.42. The smallest absolute Gasteiger partial charge is 0.270 e. The minimum absolute atomic E-state index is 0.127. The van der Waals surface area contributed by atoms with E-state index in [0.29, 0.717) is 5.56 Å². The lowest BCUT2D eigenvalue weighted by atomic mass is 10.0. The molecule has 7 heteroatoms. The lowest BCUT2D eigenvalue weighted by Crippen LogP contribution is -2.31. The van der Waals surface area contributed by atoms with Crippen molar-refractivity contribution in [2.75, 3.05) is 4.90 Å². The van der Waals surface area contributed by atoms with E-state index in [0.717, 1.165) is 10.5 Å². The van der Waals surface area contributed by atoms with Crippen molar-refractivity contribution < 1.29 is 19.6 Å². The number of anilines is 1. The first kappa shape index (κ1) is 16.4. The van der Waals surface area contributed by atoms with E-state index in [4.69, 9.17) is 0 Å². The fourth-order valence-corrected chi connectivity index (χ4v) is 2.77. The molecule has 3 rings (SSSR count). The number of aliphatic hydroxyl groups excluding tert-OH is 1. The van der Waals surface area contributed by atoms with E-state index in [1.54, 1.807) is 24.3 Å². The molecule has 0 aromatic heterocycles. The summed E-state index contributed by atoms with van der Waals surface area (Å²) in [4.78, 5) is 35.9. The molecular formula is C18H14N2O5. The first-order valence-electron chi connectivity index (χ1n) is 7.45. The topological polar surface area (TPSA) is 101 Å². The maximum Gasteiger partial charge on any atom is 0.270 e. The van der Waals surface area contributed by atoms with Crippen molar-refractivity contribution in [2.45, 2.75) is 13.8 Å².